The van der Waals surface area contributed by atoms with Crippen LogP contribution in [0.2, 0.25) is 0 Å². The van der Waals surface area contributed by atoms with E-state index >= 15 is 0 Å². The van der Waals surface area contributed by atoms with Gasteiger partial charge in [-0.15, -0.1) is 0 Å². The fraction of sp³-hybridized carbons (Fsp3) is 0.200. The Morgan fingerprint density at radius 3 is 2.41 bits per heavy atom. The summed E-state index contributed by atoms with van der Waals surface area (Å²) >= 11 is 0. The van der Waals surface area contributed by atoms with Crippen molar-refractivity contribution in [3.63, 3.8) is 0 Å². The molecule has 0 bridgehead atoms. The number of nitrogens with one attached hydrogen (secondary N) is 1. The number of aliphatic hydroxyl groups is 1. The minimum Gasteiger partial charge on any atom is -0.391 e. The summed E-state index contributed by atoms with van der Waals surface area (Å²) in [7, 11) is -4.15. The first kappa shape index (κ1) is 16.5. The topological polar surface area (TPSA) is 66.4 Å². The van der Waals surface area contributed by atoms with Crippen molar-refractivity contribution >= 4 is 10.0 Å². The third kappa shape index (κ3) is 4.33. The molecule has 22 heavy (non-hydrogen) atoms. The highest BCUT2D eigenvalue weighted by Crippen LogP contribution is 2.15. The summed E-state index contributed by atoms with van der Waals surface area (Å²) in [4.78, 5) is -0.652. The number of rotatable bonds is 6. The average molecular weight is 327 g/mol. The van der Waals surface area contributed by atoms with E-state index in [0.29, 0.717) is 6.07 Å². The van der Waals surface area contributed by atoms with Crippen molar-refractivity contribution < 1.29 is 22.3 Å². The zero-order valence-corrected chi connectivity index (χ0v) is 12.4. The second-order valence-corrected chi connectivity index (χ2v) is 6.51. The summed E-state index contributed by atoms with van der Waals surface area (Å²) < 4.78 is 52.3. The van der Waals surface area contributed by atoms with E-state index in [4.69, 9.17) is 0 Å². The number of aliphatic hydroxyl groups excluding tert-OH is 1. The first-order valence-corrected chi connectivity index (χ1v) is 8.03. The highest BCUT2D eigenvalue weighted by Gasteiger charge is 2.20. The van der Waals surface area contributed by atoms with E-state index in [1.165, 1.54) is 0 Å². The quantitative estimate of drug-likeness (QED) is 0.851. The van der Waals surface area contributed by atoms with Crippen LogP contribution < -0.4 is 4.72 Å². The van der Waals surface area contributed by atoms with Gasteiger partial charge in [-0.2, -0.15) is 0 Å². The molecule has 2 rings (SSSR count). The molecule has 0 aliphatic rings. The van der Waals surface area contributed by atoms with Crippen molar-refractivity contribution in [3.8, 4) is 0 Å². The molecule has 0 spiro atoms. The molecule has 1 atom stereocenters. The van der Waals surface area contributed by atoms with E-state index in [9.17, 15) is 22.3 Å². The molecule has 0 amide bonds. The summed E-state index contributed by atoms with van der Waals surface area (Å²) in [5.74, 6) is -2.04. The maximum absolute atomic E-state index is 13.5. The molecular weight excluding hydrogens is 312 g/mol. The van der Waals surface area contributed by atoms with Crippen molar-refractivity contribution in [2.75, 3.05) is 6.54 Å². The Bertz CT molecular complexity index is 736. The minimum absolute atomic E-state index is 0.259. The standard InChI is InChI=1S/C15H15F2NO3S/c16-12-6-7-15(14(17)9-12)22(20,21)18-10-13(19)8-11-4-2-1-3-5-11/h1-7,9,13,18-19H,8,10H2. The fourth-order valence-corrected chi connectivity index (χ4v) is 3.07. The van der Waals surface area contributed by atoms with Gasteiger partial charge in [0.25, 0.3) is 0 Å². The van der Waals surface area contributed by atoms with Gasteiger partial charge in [-0.25, -0.2) is 21.9 Å². The van der Waals surface area contributed by atoms with Gasteiger partial charge >= 0.3 is 0 Å². The van der Waals surface area contributed by atoms with Gasteiger partial charge in [0.2, 0.25) is 10.0 Å². The van der Waals surface area contributed by atoms with Crippen molar-refractivity contribution in [2.24, 2.45) is 0 Å². The van der Waals surface area contributed by atoms with E-state index in [0.717, 1.165) is 17.7 Å². The number of hydrogen-bond acceptors (Lipinski definition) is 3. The SMILES string of the molecule is O=S(=O)(NCC(O)Cc1ccccc1)c1ccc(F)cc1F. The fourth-order valence-electron chi connectivity index (χ4n) is 1.94. The molecular formula is C15H15F2NO3S. The largest absolute Gasteiger partial charge is 0.391 e. The zero-order valence-electron chi connectivity index (χ0n) is 11.5. The van der Waals surface area contributed by atoms with Crippen molar-refractivity contribution in [1.29, 1.82) is 0 Å². The summed E-state index contributed by atoms with van der Waals surface area (Å²) in [5.41, 5.74) is 0.849. The second kappa shape index (κ2) is 6.95. The van der Waals surface area contributed by atoms with Gasteiger partial charge in [-0.3, -0.25) is 0 Å². The van der Waals surface area contributed by atoms with Crippen LogP contribution in [0.5, 0.6) is 0 Å². The highest BCUT2D eigenvalue weighted by molar-refractivity contribution is 7.89. The minimum atomic E-state index is -4.15. The zero-order chi connectivity index (χ0) is 16.2. The Balaban J connectivity index is 2.00. The Morgan fingerprint density at radius 2 is 1.77 bits per heavy atom. The molecule has 2 N–H and O–H groups in total. The Kier molecular flexibility index (Phi) is 5.23. The van der Waals surface area contributed by atoms with Gasteiger partial charge in [0.1, 0.15) is 16.5 Å². The van der Waals surface area contributed by atoms with Gasteiger partial charge in [0.15, 0.2) is 0 Å². The van der Waals surface area contributed by atoms with Crippen LogP contribution in [-0.2, 0) is 16.4 Å². The molecule has 0 fully saturated rings. The van der Waals surface area contributed by atoms with Gasteiger partial charge in [0, 0.05) is 12.6 Å². The lowest BCUT2D eigenvalue weighted by atomic mass is 10.1. The Labute approximate surface area is 127 Å². The van der Waals surface area contributed by atoms with Crippen LogP contribution in [0, 0.1) is 11.6 Å². The normalized spacial score (nSPS) is 13.0. The van der Waals surface area contributed by atoms with E-state index in [2.05, 4.69) is 4.72 Å². The Hall–Kier alpha value is -1.83. The molecule has 4 nitrogen and oxygen atoms in total. The smallest absolute Gasteiger partial charge is 0.243 e. The van der Waals surface area contributed by atoms with Crippen LogP contribution in [0.4, 0.5) is 8.78 Å². The van der Waals surface area contributed by atoms with Crippen LogP contribution >= 0.6 is 0 Å². The molecule has 7 heteroatoms. The van der Waals surface area contributed by atoms with Gasteiger partial charge in [-0.05, 0) is 24.1 Å². The predicted octanol–water partition coefficient (Wildman–Crippen LogP) is 1.85. The van der Waals surface area contributed by atoms with Crippen LogP contribution in [0.15, 0.2) is 53.4 Å². The van der Waals surface area contributed by atoms with Gasteiger partial charge in [-0.1, -0.05) is 30.3 Å². The maximum atomic E-state index is 13.5. The number of sulfonamides is 1. The molecule has 0 radical (unpaired) electrons. The van der Waals surface area contributed by atoms with Crippen LogP contribution in [-0.4, -0.2) is 26.2 Å². The monoisotopic (exact) mass is 327 g/mol. The molecule has 2 aromatic carbocycles. The van der Waals surface area contributed by atoms with Crippen molar-refractivity contribution in [1.82, 2.24) is 4.72 Å². The summed E-state index contributed by atoms with van der Waals surface area (Å²) in [6.45, 7) is -0.270. The average Bonchev–Trinajstić information content (AvgIpc) is 2.46. The summed E-state index contributed by atoms with van der Waals surface area (Å²) in [5, 5.41) is 9.85. The van der Waals surface area contributed by atoms with Gasteiger partial charge in [0.05, 0.1) is 6.10 Å². The third-order valence-corrected chi connectivity index (χ3v) is 4.46. The molecule has 0 heterocycles. The van der Waals surface area contributed by atoms with E-state index in [1.54, 1.807) is 24.3 Å². The third-order valence-electron chi connectivity index (χ3n) is 3.01. The lowest BCUT2D eigenvalue weighted by Crippen LogP contribution is -2.33. The molecule has 1 unspecified atom stereocenters. The molecule has 0 saturated heterocycles. The predicted molar refractivity (Wildman–Crippen MR) is 77.7 cm³/mol. The maximum Gasteiger partial charge on any atom is 0.243 e. The number of benzene rings is 2. The molecule has 0 aromatic heterocycles. The van der Waals surface area contributed by atoms with E-state index in [1.807, 2.05) is 6.07 Å². The lowest BCUT2D eigenvalue weighted by molar-refractivity contribution is 0.179. The van der Waals surface area contributed by atoms with Gasteiger partial charge < -0.3 is 5.11 Å². The molecule has 2 aromatic rings. The molecule has 0 aliphatic heterocycles. The highest BCUT2D eigenvalue weighted by atomic mass is 32.2. The first-order valence-electron chi connectivity index (χ1n) is 6.55. The lowest BCUT2D eigenvalue weighted by Gasteiger charge is -2.13. The van der Waals surface area contributed by atoms with E-state index < -0.39 is 32.7 Å². The van der Waals surface area contributed by atoms with E-state index in [-0.39, 0.29) is 13.0 Å². The number of hydrogen-bond donors (Lipinski definition) is 2. The summed E-state index contributed by atoms with van der Waals surface area (Å²) in [6, 6.07) is 11.2. The van der Waals surface area contributed by atoms with Crippen LogP contribution in [0.3, 0.4) is 0 Å². The number of halogens is 2. The molecule has 0 saturated carbocycles. The van der Waals surface area contributed by atoms with Crippen LogP contribution in [0.1, 0.15) is 5.56 Å². The summed E-state index contributed by atoms with van der Waals surface area (Å²) in [6.07, 6.45) is -0.699. The molecule has 0 aliphatic carbocycles. The van der Waals surface area contributed by atoms with Crippen LogP contribution in [0.25, 0.3) is 0 Å². The van der Waals surface area contributed by atoms with Crippen molar-refractivity contribution in [2.45, 2.75) is 17.4 Å². The first-order chi connectivity index (χ1) is 10.4. The Morgan fingerprint density at radius 1 is 1.09 bits per heavy atom. The second-order valence-electron chi connectivity index (χ2n) is 4.77. The van der Waals surface area contributed by atoms with Crippen molar-refractivity contribution in [3.05, 3.63) is 65.7 Å². The molecule has 118 valence electrons.